The van der Waals surface area contributed by atoms with Crippen LogP contribution in [0.5, 0.6) is 0 Å². The Morgan fingerprint density at radius 2 is 1.58 bits per heavy atom. The van der Waals surface area contributed by atoms with E-state index in [1.54, 1.807) is 24.3 Å². The van der Waals surface area contributed by atoms with Gasteiger partial charge >= 0.3 is 0 Å². The fraction of sp³-hybridized carbons (Fsp3) is 0.300. The molecule has 2 aromatic carbocycles. The van der Waals surface area contributed by atoms with Gasteiger partial charge in [0.05, 0.1) is 0 Å². The molecule has 0 aromatic heterocycles. The van der Waals surface area contributed by atoms with Gasteiger partial charge in [-0.25, -0.2) is 0 Å². The highest BCUT2D eigenvalue weighted by atomic mass is 35.5. The highest BCUT2D eigenvalue weighted by molar-refractivity contribution is 6.30. The summed E-state index contributed by atoms with van der Waals surface area (Å²) in [5.41, 5.74) is 3.39. The zero-order valence-electron chi connectivity index (χ0n) is 15.3. The first kappa shape index (κ1) is 19.8. The van der Waals surface area contributed by atoms with Crippen LogP contribution in [0, 0.1) is 6.92 Å². The van der Waals surface area contributed by atoms with Crippen LogP contribution in [-0.4, -0.2) is 24.9 Å². The van der Waals surface area contributed by atoms with Crippen molar-refractivity contribution in [1.82, 2.24) is 0 Å². The predicted octanol–water partition coefficient (Wildman–Crippen LogP) is 4.46. The standard InChI is InChI=1S/C20H24ClN3O2/c1-4-24(5-2)17-10-11-18(14(3)12-17)23-20(26)13-19(25)22-16-8-6-15(21)7-9-16/h6-12H,4-5,13H2,1-3H3,(H,22,25)(H,23,26). The van der Waals surface area contributed by atoms with Gasteiger partial charge in [0.25, 0.3) is 0 Å². The second-order valence-corrected chi connectivity index (χ2v) is 6.39. The predicted molar refractivity (Wildman–Crippen MR) is 108 cm³/mol. The largest absolute Gasteiger partial charge is 0.372 e. The second-order valence-electron chi connectivity index (χ2n) is 5.95. The van der Waals surface area contributed by atoms with Crippen LogP contribution in [0.3, 0.4) is 0 Å². The van der Waals surface area contributed by atoms with Crippen molar-refractivity contribution >= 4 is 40.5 Å². The molecule has 0 aliphatic heterocycles. The Hall–Kier alpha value is -2.53. The van der Waals surface area contributed by atoms with E-state index in [9.17, 15) is 9.59 Å². The fourth-order valence-electron chi connectivity index (χ4n) is 2.65. The summed E-state index contributed by atoms with van der Waals surface area (Å²) in [6.45, 7) is 8.00. The zero-order valence-corrected chi connectivity index (χ0v) is 16.1. The summed E-state index contributed by atoms with van der Waals surface area (Å²) in [5, 5.41) is 6.06. The van der Waals surface area contributed by atoms with E-state index in [1.165, 1.54) is 0 Å². The minimum absolute atomic E-state index is 0.250. The van der Waals surface area contributed by atoms with E-state index >= 15 is 0 Å². The van der Waals surface area contributed by atoms with Crippen molar-refractivity contribution in [2.24, 2.45) is 0 Å². The molecule has 0 spiro atoms. The van der Waals surface area contributed by atoms with Crippen LogP contribution in [0.1, 0.15) is 25.8 Å². The third kappa shape index (κ3) is 5.49. The van der Waals surface area contributed by atoms with Gasteiger partial charge in [0.1, 0.15) is 6.42 Å². The lowest BCUT2D eigenvalue weighted by Crippen LogP contribution is -2.23. The highest BCUT2D eigenvalue weighted by Gasteiger charge is 2.12. The van der Waals surface area contributed by atoms with Gasteiger partial charge in [-0.15, -0.1) is 0 Å². The van der Waals surface area contributed by atoms with Crippen molar-refractivity contribution in [3.8, 4) is 0 Å². The number of nitrogens with one attached hydrogen (secondary N) is 2. The number of anilines is 3. The van der Waals surface area contributed by atoms with E-state index in [1.807, 2.05) is 25.1 Å². The minimum Gasteiger partial charge on any atom is -0.372 e. The summed E-state index contributed by atoms with van der Waals surface area (Å²) in [6.07, 6.45) is -0.250. The quantitative estimate of drug-likeness (QED) is 0.704. The van der Waals surface area contributed by atoms with Gasteiger partial charge in [0.2, 0.25) is 11.8 Å². The van der Waals surface area contributed by atoms with Crippen molar-refractivity contribution in [1.29, 1.82) is 0 Å². The molecule has 0 radical (unpaired) electrons. The summed E-state index contributed by atoms with van der Waals surface area (Å²) in [4.78, 5) is 26.4. The van der Waals surface area contributed by atoms with Gasteiger partial charge in [0.15, 0.2) is 0 Å². The number of carbonyl (C=O) groups excluding carboxylic acids is 2. The van der Waals surface area contributed by atoms with Crippen LogP contribution >= 0.6 is 11.6 Å². The first-order valence-corrected chi connectivity index (χ1v) is 9.01. The number of hydrogen-bond acceptors (Lipinski definition) is 3. The molecule has 0 saturated carbocycles. The molecule has 2 N–H and O–H groups in total. The number of amides is 2. The van der Waals surface area contributed by atoms with Crippen molar-refractivity contribution in [2.75, 3.05) is 28.6 Å². The molecule has 138 valence electrons. The first-order valence-electron chi connectivity index (χ1n) is 8.63. The Balaban J connectivity index is 1.94. The second kappa shape index (κ2) is 9.25. The van der Waals surface area contributed by atoms with E-state index in [4.69, 9.17) is 11.6 Å². The van der Waals surface area contributed by atoms with Gasteiger partial charge in [-0.3, -0.25) is 9.59 Å². The first-order chi connectivity index (χ1) is 12.4. The third-order valence-corrected chi connectivity index (χ3v) is 4.31. The lowest BCUT2D eigenvalue weighted by Gasteiger charge is -2.22. The zero-order chi connectivity index (χ0) is 19.1. The van der Waals surface area contributed by atoms with Gasteiger partial charge in [0, 0.05) is 35.2 Å². The Kier molecular flexibility index (Phi) is 7.04. The molecular weight excluding hydrogens is 350 g/mol. The number of aryl methyl sites for hydroxylation is 1. The number of hydrogen-bond donors (Lipinski definition) is 2. The maximum atomic E-state index is 12.1. The number of benzene rings is 2. The maximum Gasteiger partial charge on any atom is 0.233 e. The van der Waals surface area contributed by atoms with Crippen LogP contribution in [0.4, 0.5) is 17.1 Å². The lowest BCUT2D eigenvalue weighted by atomic mass is 10.1. The normalized spacial score (nSPS) is 10.3. The number of carbonyl (C=O) groups is 2. The SMILES string of the molecule is CCN(CC)c1ccc(NC(=O)CC(=O)Nc2ccc(Cl)cc2)c(C)c1. The Labute approximate surface area is 159 Å². The summed E-state index contributed by atoms with van der Waals surface area (Å²) in [5.74, 6) is -0.725. The van der Waals surface area contributed by atoms with Crippen molar-refractivity contribution in [3.63, 3.8) is 0 Å². The summed E-state index contributed by atoms with van der Waals surface area (Å²) in [6, 6.07) is 12.6. The van der Waals surface area contributed by atoms with Gasteiger partial charge in [-0.2, -0.15) is 0 Å². The average Bonchev–Trinajstić information content (AvgIpc) is 2.60. The fourth-order valence-corrected chi connectivity index (χ4v) is 2.78. The molecule has 0 aliphatic carbocycles. The third-order valence-electron chi connectivity index (χ3n) is 4.06. The van der Waals surface area contributed by atoms with Crippen LogP contribution in [-0.2, 0) is 9.59 Å². The van der Waals surface area contributed by atoms with E-state index in [0.29, 0.717) is 16.4 Å². The van der Waals surface area contributed by atoms with E-state index in [0.717, 1.165) is 24.3 Å². The molecule has 0 atom stereocenters. The smallest absolute Gasteiger partial charge is 0.233 e. The summed E-state index contributed by atoms with van der Waals surface area (Å²) < 4.78 is 0. The highest BCUT2D eigenvalue weighted by Crippen LogP contribution is 2.23. The summed E-state index contributed by atoms with van der Waals surface area (Å²) in [7, 11) is 0. The van der Waals surface area contributed by atoms with Gasteiger partial charge < -0.3 is 15.5 Å². The molecule has 6 heteroatoms. The molecule has 26 heavy (non-hydrogen) atoms. The van der Waals surface area contributed by atoms with E-state index < -0.39 is 0 Å². The van der Waals surface area contributed by atoms with Crippen LogP contribution in [0.15, 0.2) is 42.5 Å². The summed E-state index contributed by atoms with van der Waals surface area (Å²) >= 11 is 5.81. The molecule has 0 bridgehead atoms. The Morgan fingerprint density at radius 1 is 0.962 bits per heavy atom. The lowest BCUT2D eigenvalue weighted by molar-refractivity contribution is -0.123. The van der Waals surface area contributed by atoms with E-state index in [2.05, 4.69) is 29.4 Å². The van der Waals surface area contributed by atoms with Crippen molar-refractivity contribution < 1.29 is 9.59 Å². The Bertz CT molecular complexity index is 771. The molecule has 0 heterocycles. The maximum absolute atomic E-state index is 12.1. The molecule has 0 aliphatic rings. The molecule has 2 rings (SSSR count). The van der Waals surface area contributed by atoms with Gasteiger partial charge in [-0.1, -0.05) is 11.6 Å². The van der Waals surface area contributed by atoms with Crippen molar-refractivity contribution in [3.05, 3.63) is 53.1 Å². The Morgan fingerprint density at radius 3 is 2.15 bits per heavy atom. The van der Waals surface area contributed by atoms with Crippen molar-refractivity contribution in [2.45, 2.75) is 27.2 Å². The van der Waals surface area contributed by atoms with Crippen LogP contribution in [0.25, 0.3) is 0 Å². The number of rotatable bonds is 7. The van der Waals surface area contributed by atoms with Crippen LogP contribution in [0.2, 0.25) is 5.02 Å². The molecule has 0 fully saturated rings. The van der Waals surface area contributed by atoms with E-state index in [-0.39, 0.29) is 18.2 Å². The molecule has 2 aromatic rings. The van der Waals surface area contributed by atoms with Crippen LogP contribution < -0.4 is 15.5 Å². The molecule has 0 unspecified atom stereocenters. The number of nitrogens with zero attached hydrogens (tertiary/aromatic N) is 1. The average molecular weight is 374 g/mol. The molecule has 2 amide bonds. The topological polar surface area (TPSA) is 61.4 Å². The minimum atomic E-state index is -0.373. The molecule has 5 nitrogen and oxygen atoms in total. The molecule has 0 saturated heterocycles. The van der Waals surface area contributed by atoms with Gasteiger partial charge in [-0.05, 0) is 68.8 Å². The molecular formula is C20H24ClN3O2. The number of halogens is 1. The monoisotopic (exact) mass is 373 g/mol.